The molecule has 1 aliphatic carbocycles. The number of nitrogens with one attached hydrogen (secondary N) is 1. The van der Waals surface area contributed by atoms with Gasteiger partial charge >= 0.3 is 0 Å². The van der Waals surface area contributed by atoms with E-state index in [1.807, 2.05) is 31.1 Å². The minimum Gasteiger partial charge on any atom is -0.456 e. The summed E-state index contributed by atoms with van der Waals surface area (Å²) >= 11 is 0. The van der Waals surface area contributed by atoms with E-state index in [9.17, 15) is 23.1 Å². The molecule has 248 valence electrons. The molecule has 9 nitrogen and oxygen atoms in total. The Hall–Kier alpha value is -4.89. The molecule has 2 aliphatic rings. The lowest BCUT2D eigenvalue weighted by molar-refractivity contribution is 0.0785. The molecule has 6 rings (SSSR count). The van der Waals surface area contributed by atoms with E-state index >= 15 is 0 Å². The van der Waals surface area contributed by atoms with Crippen molar-refractivity contribution >= 4 is 33.1 Å². The number of hydrogen-bond donors (Lipinski definition) is 2. The third-order valence-corrected chi connectivity index (χ3v) is 10.4. The fraction of sp³-hybridized carbons (Fsp3) is 0.289. The lowest BCUT2D eigenvalue weighted by atomic mass is 9.89. The second-order valence-electron chi connectivity index (χ2n) is 12.9. The standard InChI is InChI=1S/C38H39N3O6S/c1-6-39-37(43)32-20-30-31(21-40(5)33(22-42)35(30)41(32)48(45,46)23-25-12-8-7-9-13-25)29-19-27(38(3,4)44)17-18-34(29)47-36-24(2)11-10-14-28(36)26-15-16-26/h7-14,17-21,26,44H,6,15-16,23H2,1-5H3,(H,39,43). The number of carbonyl (C=O) groups excluding carboxylic acids is 2. The van der Waals surface area contributed by atoms with Crippen LogP contribution in [0.2, 0.25) is 0 Å². The third-order valence-electron chi connectivity index (χ3n) is 8.73. The van der Waals surface area contributed by atoms with Crippen molar-refractivity contribution in [2.24, 2.45) is 0 Å². The molecule has 10 heteroatoms. The largest absolute Gasteiger partial charge is 0.456 e. The highest BCUT2D eigenvalue weighted by atomic mass is 32.2. The van der Waals surface area contributed by atoms with E-state index in [4.69, 9.17) is 4.74 Å². The SMILES string of the molecule is CCNC(=O)c1cc2c(n1S(=O)(=O)Cc1ccccc1)C(=C=O)N(C)C=C2c1cc(C(C)(C)O)ccc1Oc1c(C)cccc1C1CC1. The van der Waals surface area contributed by atoms with Gasteiger partial charge in [-0.15, -0.1) is 0 Å². The maximum absolute atomic E-state index is 14.3. The van der Waals surface area contributed by atoms with Gasteiger partial charge in [0.2, 0.25) is 10.0 Å². The first-order chi connectivity index (χ1) is 22.8. The van der Waals surface area contributed by atoms with E-state index in [-0.39, 0.29) is 23.6 Å². The highest BCUT2D eigenvalue weighted by Crippen LogP contribution is 2.48. The van der Waals surface area contributed by atoms with E-state index in [2.05, 4.69) is 11.4 Å². The fourth-order valence-corrected chi connectivity index (χ4v) is 7.79. The van der Waals surface area contributed by atoms with Crippen molar-refractivity contribution in [2.75, 3.05) is 13.6 Å². The Morgan fingerprint density at radius 2 is 1.77 bits per heavy atom. The lowest BCUT2D eigenvalue weighted by Gasteiger charge is -2.28. The minimum atomic E-state index is -4.25. The number of nitrogens with zero attached hydrogens (tertiary/aromatic N) is 2. The molecule has 3 aromatic carbocycles. The topological polar surface area (TPSA) is 118 Å². The zero-order valence-corrected chi connectivity index (χ0v) is 28.5. The molecular formula is C38H39N3O6S. The molecule has 2 heterocycles. The Labute approximate surface area is 281 Å². The second-order valence-corrected chi connectivity index (χ2v) is 14.7. The van der Waals surface area contributed by atoms with Gasteiger partial charge in [0, 0.05) is 36.5 Å². The predicted molar refractivity (Wildman–Crippen MR) is 186 cm³/mol. The van der Waals surface area contributed by atoms with Gasteiger partial charge in [-0.2, -0.15) is 0 Å². The van der Waals surface area contributed by atoms with Gasteiger partial charge in [0.15, 0.2) is 11.6 Å². The Kier molecular flexibility index (Phi) is 8.68. The van der Waals surface area contributed by atoms with Crippen LogP contribution < -0.4 is 10.1 Å². The molecule has 0 bridgehead atoms. The maximum atomic E-state index is 14.3. The van der Waals surface area contributed by atoms with Crippen LogP contribution in [-0.4, -0.2) is 47.8 Å². The van der Waals surface area contributed by atoms with Crippen molar-refractivity contribution in [3.8, 4) is 11.5 Å². The number of aryl methyl sites for hydroxylation is 1. The molecule has 1 aliphatic heterocycles. The number of rotatable bonds is 10. The molecular weight excluding hydrogens is 627 g/mol. The van der Waals surface area contributed by atoms with E-state index < -0.39 is 27.3 Å². The summed E-state index contributed by atoms with van der Waals surface area (Å²) in [5.74, 6) is 2.55. The average Bonchev–Trinajstić information content (AvgIpc) is 3.80. The Balaban J connectivity index is 1.61. The van der Waals surface area contributed by atoms with Gasteiger partial charge in [0.1, 0.15) is 22.9 Å². The number of fused-ring (bicyclic) bond motifs is 1. The first kappa shape index (κ1) is 33.0. The summed E-state index contributed by atoms with van der Waals surface area (Å²) in [4.78, 5) is 27.6. The van der Waals surface area contributed by atoms with E-state index in [0.717, 1.165) is 33.7 Å². The number of para-hydroxylation sites is 1. The van der Waals surface area contributed by atoms with Crippen molar-refractivity contribution in [1.29, 1.82) is 0 Å². The normalized spacial score (nSPS) is 14.7. The molecule has 0 radical (unpaired) electrons. The van der Waals surface area contributed by atoms with Crippen molar-refractivity contribution in [1.82, 2.24) is 14.2 Å². The van der Waals surface area contributed by atoms with Gasteiger partial charge in [-0.25, -0.2) is 17.2 Å². The first-order valence-electron chi connectivity index (χ1n) is 16.0. The molecule has 1 aromatic heterocycles. The van der Waals surface area contributed by atoms with E-state index in [1.165, 1.54) is 11.0 Å². The highest BCUT2D eigenvalue weighted by molar-refractivity contribution is 7.89. The zero-order chi connectivity index (χ0) is 34.4. The molecule has 0 unspecified atom stereocenters. The van der Waals surface area contributed by atoms with Crippen LogP contribution in [-0.2, 0) is 26.2 Å². The van der Waals surface area contributed by atoms with Crippen molar-refractivity contribution in [3.63, 3.8) is 0 Å². The summed E-state index contributed by atoms with van der Waals surface area (Å²) in [5, 5.41) is 13.8. The molecule has 4 aromatic rings. The second kappa shape index (κ2) is 12.6. The van der Waals surface area contributed by atoms with Crippen LogP contribution in [0.25, 0.3) is 11.3 Å². The van der Waals surface area contributed by atoms with Gasteiger partial charge in [0.05, 0.1) is 11.4 Å². The van der Waals surface area contributed by atoms with Gasteiger partial charge in [0.25, 0.3) is 5.91 Å². The number of carbonyl (C=O) groups is 1. The van der Waals surface area contributed by atoms with Gasteiger partial charge in [-0.05, 0) is 86.9 Å². The molecule has 0 spiro atoms. The van der Waals surface area contributed by atoms with Crippen molar-refractivity contribution in [2.45, 2.75) is 57.8 Å². The number of hydrogen-bond acceptors (Lipinski definition) is 7. The molecule has 2 N–H and O–H groups in total. The van der Waals surface area contributed by atoms with Crippen LogP contribution in [0, 0.1) is 6.92 Å². The summed E-state index contributed by atoms with van der Waals surface area (Å²) in [6.45, 7) is 7.36. The third kappa shape index (κ3) is 6.22. The monoisotopic (exact) mass is 665 g/mol. The van der Waals surface area contributed by atoms with Crippen LogP contribution in [0.5, 0.6) is 11.5 Å². The Morgan fingerprint density at radius 3 is 2.42 bits per heavy atom. The number of aromatic nitrogens is 1. The summed E-state index contributed by atoms with van der Waals surface area (Å²) in [6, 6.07) is 21.7. The zero-order valence-electron chi connectivity index (χ0n) is 27.7. The van der Waals surface area contributed by atoms with Crippen LogP contribution in [0.3, 0.4) is 0 Å². The number of ether oxygens (including phenoxy) is 1. The molecule has 1 fully saturated rings. The lowest BCUT2D eigenvalue weighted by Crippen LogP contribution is -2.30. The maximum Gasteiger partial charge on any atom is 0.269 e. The summed E-state index contributed by atoms with van der Waals surface area (Å²) in [6.07, 6.45) is 3.87. The van der Waals surface area contributed by atoms with E-state index in [0.29, 0.717) is 39.5 Å². The van der Waals surface area contributed by atoms with Crippen molar-refractivity contribution in [3.05, 3.63) is 124 Å². The quantitative estimate of drug-likeness (QED) is 0.190. The van der Waals surface area contributed by atoms with E-state index in [1.54, 1.807) is 76.5 Å². The number of amides is 1. The van der Waals surface area contributed by atoms with Crippen LogP contribution in [0.15, 0.2) is 79.0 Å². The summed E-state index contributed by atoms with van der Waals surface area (Å²) < 4.78 is 36.2. The predicted octanol–water partition coefficient (Wildman–Crippen LogP) is 6.33. The number of benzene rings is 3. The molecule has 1 saturated carbocycles. The first-order valence-corrected chi connectivity index (χ1v) is 17.6. The average molecular weight is 666 g/mol. The smallest absolute Gasteiger partial charge is 0.269 e. The van der Waals surface area contributed by atoms with Gasteiger partial charge in [-0.3, -0.25) is 4.79 Å². The Bertz CT molecular complexity index is 2100. The minimum absolute atomic E-state index is 0.0244. The number of aliphatic hydroxyl groups is 1. The summed E-state index contributed by atoms with van der Waals surface area (Å²) in [7, 11) is -2.62. The van der Waals surface area contributed by atoms with Crippen LogP contribution in [0.1, 0.15) is 89.1 Å². The highest BCUT2D eigenvalue weighted by Gasteiger charge is 2.37. The van der Waals surface area contributed by atoms with Crippen LogP contribution in [0.4, 0.5) is 0 Å². The molecule has 0 saturated heterocycles. The van der Waals surface area contributed by atoms with Crippen LogP contribution >= 0.6 is 0 Å². The Morgan fingerprint density at radius 1 is 1.04 bits per heavy atom. The molecule has 1 amide bonds. The van der Waals surface area contributed by atoms with Gasteiger partial charge < -0.3 is 20.1 Å². The molecule has 0 atom stereocenters. The molecule has 48 heavy (non-hydrogen) atoms. The van der Waals surface area contributed by atoms with Crippen molar-refractivity contribution < 1.29 is 27.9 Å². The summed E-state index contributed by atoms with van der Waals surface area (Å²) in [5.41, 5.74) is 3.23. The van der Waals surface area contributed by atoms with Gasteiger partial charge in [-0.1, -0.05) is 54.6 Å². The fourth-order valence-electron chi connectivity index (χ4n) is 6.15.